The van der Waals surface area contributed by atoms with E-state index < -0.39 is 11.0 Å². The Kier molecular flexibility index (Phi) is 2.92. The summed E-state index contributed by atoms with van der Waals surface area (Å²) < 4.78 is 5.74. The Morgan fingerprint density at radius 1 is 1.13 bits per heavy atom. The maximum Gasteiger partial charge on any atom is 0.310 e. The molecule has 4 rings (SSSR count). The molecule has 23 heavy (non-hydrogen) atoms. The minimum absolute atomic E-state index is 0.000952. The van der Waals surface area contributed by atoms with Crippen molar-refractivity contribution in [3.05, 3.63) is 0 Å². The van der Waals surface area contributed by atoms with Gasteiger partial charge in [-0.15, -0.1) is 0 Å². The summed E-state index contributed by atoms with van der Waals surface area (Å²) in [6, 6.07) is 0. The van der Waals surface area contributed by atoms with Gasteiger partial charge in [0, 0.05) is 13.1 Å². The molecule has 4 unspecified atom stereocenters. The minimum atomic E-state index is -0.590. The second-order valence-electron chi connectivity index (χ2n) is 8.37. The van der Waals surface area contributed by atoms with Gasteiger partial charge < -0.3 is 15.4 Å². The highest BCUT2D eigenvalue weighted by molar-refractivity contribution is 5.95. The lowest BCUT2D eigenvalue weighted by Gasteiger charge is -2.26. The van der Waals surface area contributed by atoms with Crippen molar-refractivity contribution in [1.29, 1.82) is 0 Å². The largest absolute Gasteiger partial charge is 0.459 e. The van der Waals surface area contributed by atoms with Crippen molar-refractivity contribution >= 4 is 17.8 Å². The van der Waals surface area contributed by atoms with Gasteiger partial charge in [-0.2, -0.15) is 0 Å². The molecular weight excluding hydrogens is 296 g/mol. The highest BCUT2D eigenvalue weighted by atomic mass is 16.6. The van der Waals surface area contributed by atoms with E-state index in [4.69, 9.17) is 4.74 Å². The van der Waals surface area contributed by atoms with Crippen molar-refractivity contribution in [2.45, 2.75) is 51.6 Å². The first-order valence-corrected chi connectivity index (χ1v) is 8.59. The summed E-state index contributed by atoms with van der Waals surface area (Å²) in [5.74, 6) is -0.0741. The lowest BCUT2D eigenvalue weighted by molar-refractivity contribution is -0.161. The third-order valence-electron chi connectivity index (χ3n) is 6.32. The number of rotatable bonds is 4. The van der Waals surface area contributed by atoms with Crippen LogP contribution in [0.2, 0.25) is 0 Å². The summed E-state index contributed by atoms with van der Waals surface area (Å²) in [5.41, 5.74) is -1.28. The Labute approximate surface area is 135 Å². The van der Waals surface area contributed by atoms with Gasteiger partial charge in [-0.1, -0.05) is 0 Å². The molecule has 0 aromatic carbocycles. The van der Waals surface area contributed by atoms with E-state index >= 15 is 0 Å². The molecule has 0 aromatic rings. The molecule has 2 saturated carbocycles. The Balaban J connectivity index is 1.34. The fraction of sp³-hybridized carbons (Fsp3) is 0.824. The summed E-state index contributed by atoms with van der Waals surface area (Å²) in [7, 11) is 0. The highest BCUT2D eigenvalue weighted by Crippen LogP contribution is 2.61. The third kappa shape index (κ3) is 2.17. The number of carbonyl (C=O) groups excluding carboxylic acids is 3. The van der Waals surface area contributed by atoms with Gasteiger partial charge in [0.25, 0.3) is 0 Å². The molecule has 2 amide bonds. The Hall–Kier alpha value is -1.59. The van der Waals surface area contributed by atoms with Crippen LogP contribution >= 0.6 is 0 Å². The smallest absolute Gasteiger partial charge is 0.310 e. The average Bonchev–Trinajstić information content (AvgIpc) is 3.25. The van der Waals surface area contributed by atoms with Gasteiger partial charge in [-0.3, -0.25) is 14.4 Å². The van der Waals surface area contributed by atoms with E-state index in [1.807, 2.05) is 13.8 Å². The van der Waals surface area contributed by atoms with E-state index in [-0.39, 0.29) is 29.1 Å². The highest BCUT2D eigenvalue weighted by Gasteiger charge is 2.67. The second-order valence-corrected chi connectivity index (χ2v) is 8.37. The summed E-state index contributed by atoms with van der Waals surface area (Å²) in [6.07, 6.45) is 3.85. The van der Waals surface area contributed by atoms with Crippen molar-refractivity contribution < 1.29 is 19.1 Å². The van der Waals surface area contributed by atoms with Crippen molar-refractivity contribution in [2.24, 2.45) is 22.7 Å². The third-order valence-corrected chi connectivity index (χ3v) is 6.32. The zero-order chi connectivity index (χ0) is 16.5. The molecule has 2 saturated heterocycles. The standard InChI is InChI=1S/C17H24N2O4/c1-15(2,7-10-8-16(10)3-5-18-13(16)21)23-12(20)11-9-17(11)4-6-19-14(17)22/h10-11H,3-9H2,1-2H3,(H,18,21)(H,19,22). The first-order valence-electron chi connectivity index (χ1n) is 8.59. The predicted molar refractivity (Wildman–Crippen MR) is 81.1 cm³/mol. The zero-order valence-electron chi connectivity index (χ0n) is 13.7. The summed E-state index contributed by atoms with van der Waals surface area (Å²) >= 11 is 0. The van der Waals surface area contributed by atoms with E-state index in [1.54, 1.807) is 0 Å². The molecule has 0 radical (unpaired) electrons. The molecule has 126 valence electrons. The molecule has 6 nitrogen and oxygen atoms in total. The summed E-state index contributed by atoms with van der Waals surface area (Å²) in [4.78, 5) is 36.2. The maximum absolute atomic E-state index is 12.4. The van der Waals surface area contributed by atoms with Crippen LogP contribution in [0.25, 0.3) is 0 Å². The number of nitrogens with one attached hydrogen (secondary N) is 2. The molecular formula is C17H24N2O4. The lowest BCUT2D eigenvalue weighted by Crippen LogP contribution is -2.33. The van der Waals surface area contributed by atoms with Crippen LogP contribution in [0.4, 0.5) is 0 Å². The molecule has 2 spiro atoms. The van der Waals surface area contributed by atoms with Crippen molar-refractivity contribution in [3.8, 4) is 0 Å². The summed E-state index contributed by atoms with van der Waals surface area (Å²) in [5, 5.41) is 5.71. The fourth-order valence-electron chi connectivity index (χ4n) is 4.73. The van der Waals surface area contributed by atoms with E-state index in [9.17, 15) is 14.4 Å². The van der Waals surface area contributed by atoms with E-state index in [1.165, 1.54) is 0 Å². The molecule has 2 heterocycles. The van der Waals surface area contributed by atoms with Crippen LogP contribution in [-0.4, -0.2) is 36.5 Å². The van der Waals surface area contributed by atoms with Crippen LogP contribution in [0.1, 0.15) is 46.0 Å². The molecule has 0 aromatic heterocycles. The SMILES string of the molecule is CC(C)(CC1CC12CCNC2=O)OC(=O)C1CC12CCNC2=O. The number of hydrogen-bond acceptors (Lipinski definition) is 4. The topological polar surface area (TPSA) is 84.5 Å². The Morgan fingerprint density at radius 2 is 1.74 bits per heavy atom. The molecule has 2 aliphatic heterocycles. The van der Waals surface area contributed by atoms with E-state index in [2.05, 4.69) is 10.6 Å². The molecule has 2 N–H and O–H groups in total. The average molecular weight is 320 g/mol. The van der Waals surface area contributed by atoms with Crippen LogP contribution < -0.4 is 10.6 Å². The molecule has 6 heteroatoms. The first-order chi connectivity index (χ1) is 10.8. The van der Waals surface area contributed by atoms with Crippen LogP contribution in [0, 0.1) is 22.7 Å². The first kappa shape index (κ1) is 15.0. The van der Waals surface area contributed by atoms with Crippen molar-refractivity contribution in [2.75, 3.05) is 13.1 Å². The Bertz CT molecular complexity index is 601. The van der Waals surface area contributed by atoms with Gasteiger partial charge in [-0.05, 0) is 51.9 Å². The van der Waals surface area contributed by atoms with Gasteiger partial charge in [-0.25, -0.2) is 0 Å². The molecule has 0 bridgehead atoms. The van der Waals surface area contributed by atoms with Gasteiger partial charge in [0.2, 0.25) is 11.8 Å². The quantitative estimate of drug-likeness (QED) is 0.749. The van der Waals surface area contributed by atoms with Gasteiger partial charge >= 0.3 is 5.97 Å². The number of amides is 2. The molecule has 4 fully saturated rings. The fourth-order valence-corrected chi connectivity index (χ4v) is 4.73. The normalized spacial score (nSPS) is 41.1. The lowest BCUT2D eigenvalue weighted by atomic mass is 9.93. The Morgan fingerprint density at radius 3 is 2.30 bits per heavy atom. The number of esters is 1. The second kappa shape index (κ2) is 4.48. The monoisotopic (exact) mass is 320 g/mol. The molecule has 4 atom stereocenters. The van der Waals surface area contributed by atoms with Crippen molar-refractivity contribution in [1.82, 2.24) is 10.6 Å². The van der Waals surface area contributed by atoms with Gasteiger partial charge in [0.05, 0.1) is 16.7 Å². The minimum Gasteiger partial charge on any atom is -0.459 e. The number of hydrogen-bond donors (Lipinski definition) is 2. The number of carbonyl (C=O) groups is 3. The van der Waals surface area contributed by atoms with Gasteiger partial charge in [0.15, 0.2) is 0 Å². The van der Waals surface area contributed by atoms with Crippen LogP contribution in [0.5, 0.6) is 0 Å². The predicted octanol–water partition coefficient (Wildman–Crippen LogP) is 0.751. The van der Waals surface area contributed by atoms with Gasteiger partial charge in [0.1, 0.15) is 5.60 Å². The van der Waals surface area contributed by atoms with Crippen molar-refractivity contribution in [3.63, 3.8) is 0 Å². The zero-order valence-corrected chi connectivity index (χ0v) is 13.7. The molecule has 2 aliphatic carbocycles. The number of ether oxygens (including phenoxy) is 1. The maximum atomic E-state index is 12.4. The van der Waals surface area contributed by atoms with E-state index in [0.717, 1.165) is 25.8 Å². The van der Waals surface area contributed by atoms with E-state index in [0.29, 0.717) is 25.3 Å². The summed E-state index contributed by atoms with van der Waals surface area (Å²) in [6.45, 7) is 5.24. The van der Waals surface area contributed by atoms with Crippen LogP contribution in [0.3, 0.4) is 0 Å². The van der Waals surface area contributed by atoms with Crippen LogP contribution in [-0.2, 0) is 19.1 Å². The molecule has 4 aliphatic rings. The van der Waals surface area contributed by atoms with Crippen LogP contribution in [0.15, 0.2) is 0 Å².